The van der Waals surface area contributed by atoms with Gasteiger partial charge in [0, 0.05) is 20.8 Å². The molecular weight excluding hydrogens is 548 g/mol. The lowest BCUT2D eigenvalue weighted by atomic mass is 9.42. The van der Waals surface area contributed by atoms with Crippen LogP contribution in [-0.4, -0.2) is 5.78 Å². The van der Waals surface area contributed by atoms with Gasteiger partial charge in [0.05, 0.1) is 0 Å². The highest BCUT2D eigenvalue weighted by atomic mass is 79.9. The van der Waals surface area contributed by atoms with Crippen LogP contribution in [0, 0.1) is 47.3 Å². The molecule has 0 N–H and O–H groups in total. The Kier molecular flexibility index (Phi) is 5.62. The second-order valence-electron chi connectivity index (χ2n) is 12.1. The molecule has 0 saturated heterocycles. The Morgan fingerprint density at radius 1 is 0.588 bits per heavy atom. The maximum absolute atomic E-state index is 14.6. The highest BCUT2D eigenvalue weighted by Gasteiger charge is 2.65. The van der Waals surface area contributed by atoms with Crippen LogP contribution in [0.1, 0.15) is 74.3 Å². The minimum absolute atomic E-state index is 0.0542. The number of rotatable bonds is 2. The molecule has 5 saturated carbocycles. The van der Waals surface area contributed by atoms with Crippen molar-refractivity contribution < 1.29 is 4.79 Å². The van der Waals surface area contributed by atoms with Gasteiger partial charge < -0.3 is 0 Å². The summed E-state index contributed by atoms with van der Waals surface area (Å²) in [5.41, 5.74) is 2.52. The van der Waals surface area contributed by atoms with E-state index in [1.54, 1.807) is 0 Å². The third-order valence-corrected chi connectivity index (χ3v) is 11.9. The monoisotopic (exact) mass is 580 g/mol. The largest absolute Gasteiger partial charge is 0.298 e. The van der Waals surface area contributed by atoms with Gasteiger partial charge in [0.25, 0.3) is 0 Å². The van der Waals surface area contributed by atoms with Crippen LogP contribution < -0.4 is 0 Å². The molecule has 2 aromatic rings. The van der Waals surface area contributed by atoms with E-state index < -0.39 is 0 Å². The topological polar surface area (TPSA) is 17.1 Å². The molecule has 10 unspecified atom stereocenters. The van der Waals surface area contributed by atoms with Crippen LogP contribution in [0.25, 0.3) is 0 Å². The molecule has 0 heterocycles. The van der Waals surface area contributed by atoms with Gasteiger partial charge >= 0.3 is 0 Å². The Balaban J connectivity index is 1.42. The van der Waals surface area contributed by atoms with Gasteiger partial charge in [0.15, 0.2) is 0 Å². The van der Waals surface area contributed by atoms with Crippen LogP contribution in [0.2, 0.25) is 0 Å². The molecular formula is C31H34Br2O. The lowest BCUT2D eigenvalue weighted by Gasteiger charge is -2.62. The van der Waals surface area contributed by atoms with E-state index in [1.807, 2.05) is 0 Å². The number of carbonyl (C=O) groups excluding carboxylic acids is 1. The van der Waals surface area contributed by atoms with E-state index in [4.69, 9.17) is 0 Å². The molecule has 0 aromatic heterocycles. The Labute approximate surface area is 220 Å². The highest BCUT2D eigenvalue weighted by molar-refractivity contribution is 9.10. The van der Waals surface area contributed by atoms with E-state index in [1.165, 1.54) is 62.5 Å². The van der Waals surface area contributed by atoms with Crippen LogP contribution in [0.15, 0.2) is 57.5 Å². The first kappa shape index (κ1) is 22.3. The Morgan fingerprint density at radius 3 is 1.50 bits per heavy atom. The van der Waals surface area contributed by atoms with Crippen molar-refractivity contribution in [2.75, 3.05) is 0 Å². The van der Waals surface area contributed by atoms with Crippen LogP contribution in [0.5, 0.6) is 0 Å². The summed E-state index contributed by atoms with van der Waals surface area (Å²) in [6.45, 7) is 0. The number of fused-ring (bicyclic) bond motifs is 3. The summed E-state index contributed by atoms with van der Waals surface area (Å²) < 4.78 is 2.21. The van der Waals surface area contributed by atoms with Crippen LogP contribution in [-0.2, 0) is 4.79 Å². The average molecular weight is 582 g/mol. The van der Waals surface area contributed by atoms with E-state index in [-0.39, 0.29) is 11.8 Å². The molecule has 0 aliphatic heterocycles. The zero-order valence-corrected chi connectivity index (χ0v) is 22.9. The third-order valence-electron chi connectivity index (χ3n) is 10.9. The van der Waals surface area contributed by atoms with Crippen LogP contribution in [0.3, 0.4) is 0 Å². The smallest absolute Gasteiger partial charge is 0.148 e. The molecule has 34 heavy (non-hydrogen) atoms. The molecule has 0 radical (unpaired) electrons. The third kappa shape index (κ3) is 3.31. The van der Waals surface area contributed by atoms with E-state index in [9.17, 15) is 4.79 Å². The van der Waals surface area contributed by atoms with Crippen molar-refractivity contribution in [2.45, 2.75) is 63.2 Å². The first-order valence-electron chi connectivity index (χ1n) is 13.7. The average Bonchev–Trinajstić information content (AvgIpc) is 3.16. The number of halogens is 2. The fraction of sp³-hybridized carbons (Fsp3) is 0.581. The summed E-state index contributed by atoms with van der Waals surface area (Å²) in [5.74, 6) is 6.70. The van der Waals surface area contributed by atoms with Crippen LogP contribution >= 0.6 is 31.9 Å². The van der Waals surface area contributed by atoms with Crippen LogP contribution in [0.4, 0.5) is 0 Å². The molecule has 7 rings (SSSR count). The van der Waals surface area contributed by atoms with Gasteiger partial charge in [-0.1, -0.05) is 81.8 Å². The molecule has 2 aromatic carbocycles. The fourth-order valence-electron chi connectivity index (χ4n) is 10.2. The van der Waals surface area contributed by atoms with Crippen molar-refractivity contribution in [3.63, 3.8) is 0 Å². The standard InChI is InChI=1S/C31H34Br2O/c32-21-9-1-7-19(15-21)27-29-23-11-3-5-17-13-14-18-6-4-12-24(26(18)25(17)23)30(29)28(31(27)34)20-8-2-10-22(33)16-20/h1-2,7-10,15-18,23-30H,3-6,11-14H2. The van der Waals surface area contributed by atoms with Crippen molar-refractivity contribution in [3.05, 3.63) is 68.6 Å². The van der Waals surface area contributed by atoms with Gasteiger partial charge in [-0.2, -0.15) is 0 Å². The predicted molar refractivity (Wildman–Crippen MR) is 144 cm³/mol. The van der Waals surface area contributed by atoms with Gasteiger partial charge in [-0.15, -0.1) is 0 Å². The Bertz CT molecular complexity index is 1020. The normalized spacial score (nSPS) is 42.7. The summed E-state index contributed by atoms with van der Waals surface area (Å²) in [7, 11) is 0. The predicted octanol–water partition coefficient (Wildman–Crippen LogP) is 8.77. The lowest BCUT2D eigenvalue weighted by Crippen LogP contribution is -2.56. The molecule has 0 spiro atoms. The summed E-state index contributed by atoms with van der Waals surface area (Å²) >= 11 is 7.44. The molecule has 1 nitrogen and oxygen atoms in total. The maximum atomic E-state index is 14.6. The summed E-state index contributed by atoms with van der Waals surface area (Å²) in [5, 5.41) is 0. The van der Waals surface area contributed by atoms with E-state index in [2.05, 4.69) is 80.4 Å². The van der Waals surface area contributed by atoms with Crippen molar-refractivity contribution in [3.8, 4) is 0 Å². The van der Waals surface area contributed by atoms with Gasteiger partial charge in [0.2, 0.25) is 0 Å². The first-order valence-corrected chi connectivity index (χ1v) is 15.2. The minimum atomic E-state index is 0.0542. The molecule has 5 aliphatic carbocycles. The molecule has 10 atom stereocenters. The zero-order chi connectivity index (χ0) is 23.0. The number of hydrogen-bond donors (Lipinski definition) is 0. The zero-order valence-electron chi connectivity index (χ0n) is 19.7. The molecule has 0 amide bonds. The Hall–Kier alpha value is -0.930. The number of hydrogen-bond acceptors (Lipinski definition) is 1. The summed E-state index contributed by atoms with van der Waals surface area (Å²) in [6, 6.07) is 17.5. The van der Waals surface area contributed by atoms with Gasteiger partial charge in [-0.25, -0.2) is 0 Å². The van der Waals surface area contributed by atoms with Gasteiger partial charge in [0.1, 0.15) is 5.78 Å². The summed E-state index contributed by atoms with van der Waals surface area (Å²) in [4.78, 5) is 14.6. The molecule has 3 heteroatoms. The summed E-state index contributed by atoms with van der Waals surface area (Å²) in [6.07, 6.45) is 11.2. The number of carbonyl (C=O) groups is 1. The molecule has 178 valence electrons. The van der Waals surface area contributed by atoms with E-state index in [0.717, 1.165) is 44.5 Å². The maximum Gasteiger partial charge on any atom is 0.148 e. The molecule has 5 aliphatic rings. The second kappa shape index (κ2) is 8.58. The van der Waals surface area contributed by atoms with Crippen molar-refractivity contribution >= 4 is 37.6 Å². The van der Waals surface area contributed by atoms with Gasteiger partial charge in [-0.3, -0.25) is 4.79 Å². The van der Waals surface area contributed by atoms with Gasteiger partial charge in [-0.05, 0) is 108 Å². The highest BCUT2D eigenvalue weighted by Crippen LogP contribution is 2.69. The SMILES string of the molecule is O=C1C(c2cccc(Br)c2)C2C3CCCC4CCC5CCCC(C5C43)C2C1c1cccc(Br)c1. The van der Waals surface area contributed by atoms with Crippen molar-refractivity contribution in [1.29, 1.82) is 0 Å². The number of Topliss-reactive ketones (excluding diaryl/α,β-unsaturated/α-hetero) is 1. The van der Waals surface area contributed by atoms with E-state index >= 15 is 0 Å². The molecule has 0 bridgehead atoms. The minimum Gasteiger partial charge on any atom is -0.298 e. The number of ketones is 1. The van der Waals surface area contributed by atoms with Crippen molar-refractivity contribution in [2.24, 2.45) is 47.3 Å². The first-order chi connectivity index (χ1) is 16.6. The Morgan fingerprint density at radius 2 is 1.06 bits per heavy atom. The fourth-order valence-corrected chi connectivity index (χ4v) is 11.0. The van der Waals surface area contributed by atoms with Crippen molar-refractivity contribution in [1.82, 2.24) is 0 Å². The quantitative estimate of drug-likeness (QED) is 0.346. The second-order valence-corrected chi connectivity index (χ2v) is 13.9. The lowest BCUT2D eigenvalue weighted by molar-refractivity contribution is -0.130. The van der Waals surface area contributed by atoms with E-state index in [0.29, 0.717) is 17.6 Å². The number of benzene rings is 2. The molecule has 5 fully saturated rings.